The fourth-order valence-electron chi connectivity index (χ4n) is 1.48. The number of anilines is 1. The molecule has 0 aliphatic rings. The third kappa shape index (κ3) is 3.12. The number of nitrogens with zero attached hydrogens (tertiary/aromatic N) is 1. The van der Waals surface area contributed by atoms with E-state index >= 15 is 0 Å². The predicted octanol–water partition coefficient (Wildman–Crippen LogP) is 2.82. The summed E-state index contributed by atoms with van der Waals surface area (Å²) in [6.07, 6.45) is 1.15. The summed E-state index contributed by atoms with van der Waals surface area (Å²) in [6.45, 7) is 1.62. The van der Waals surface area contributed by atoms with Gasteiger partial charge in [0.05, 0.1) is 10.7 Å². The molecule has 0 fully saturated rings. The molecule has 1 amide bonds. The van der Waals surface area contributed by atoms with Crippen LogP contribution in [0.5, 0.6) is 0 Å². The Bertz CT molecular complexity index is 770. The van der Waals surface area contributed by atoms with Gasteiger partial charge in [-0.1, -0.05) is 11.6 Å². The molecular weight excluding hydrogens is 327 g/mol. The smallest absolute Gasteiger partial charge is 0.293 e. The Hall–Kier alpha value is -1.57. The average molecular weight is 335 g/mol. The Morgan fingerprint density at radius 2 is 2.10 bits per heavy atom. The number of hydrogen-bond acceptors (Lipinski definition) is 5. The third-order valence-corrected chi connectivity index (χ3v) is 4.21. The predicted molar refractivity (Wildman–Crippen MR) is 73.7 cm³/mol. The SMILES string of the molecule is Cc1ncoc1C(=O)Nc1ccc(S(=O)(=O)Cl)c(Cl)c1. The number of oxazole rings is 1. The highest BCUT2D eigenvalue weighted by Gasteiger charge is 2.17. The number of amides is 1. The standard InChI is InChI=1S/C11H8Cl2N2O4S/c1-6-10(19-5-14-6)11(16)15-7-2-3-9(8(12)4-7)20(13,17)18/h2-5H,1H3,(H,15,16). The van der Waals surface area contributed by atoms with Gasteiger partial charge in [0.15, 0.2) is 6.39 Å². The molecule has 1 N–H and O–H groups in total. The number of benzene rings is 1. The zero-order valence-corrected chi connectivity index (χ0v) is 12.4. The molecule has 9 heteroatoms. The summed E-state index contributed by atoms with van der Waals surface area (Å²) in [7, 11) is 1.27. The molecule has 2 aromatic rings. The molecule has 1 heterocycles. The number of carbonyl (C=O) groups excluding carboxylic acids is 1. The third-order valence-electron chi connectivity index (χ3n) is 2.40. The van der Waals surface area contributed by atoms with E-state index in [2.05, 4.69) is 10.3 Å². The Labute approximate surface area is 124 Å². The largest absolute Gasteiger partial charge is 0.438 e. The Morgan fingerprint density at radius 1 is 1.40 bits per heavy atom. The molecule has 6 nitrogen and oxygen atoms in total. The van der Waals surface area contributed by atoms with E-state index in [1.165, 1.54) is 18.2 Å². The summed E-state index contributed by atoms with van der Waals surface area (Å²) in [4.78, 5) is 15.4. The molecule has 0 aliphatic heterocycles. The van der Waals surface area contributed by atoms with Crippen LogP contribution in [0.15, 0.2) is 33.9 Å². The molecule has 0 radical (unpaired) electrons. The summed E-state index contributed by atoms with van der Waals surface area (Å²) in [6, 6.07) is 3.85. The molecule has 0 saturated carbocycles. The van der Waals surface area contributed by atoms with Crippen molar-refractivity contribution < 1.29 is 17.6 Å². The Balaban J connectivity index is 2.26. The zero-order chi connectivity index (χ0) is 14.9. The van der Waals surface area contributed by atoms with Gasteiger partial charge in [0, 0.05) is 16.4 Å². The maximum absolute atomic E-state index is 11.9. The lowest BCUT2D eigenvalue weighted by Gasteiger charge is -2.06. The van der Waals surface area contributed by atoms with Crippen molar-refractivity contribution in [1.82, 2.24) is 4.98 Å². The van der Waals surface area contributed by atoms with Crippen LogP contribution in [0.1, 0.15) is 16.2 Å². The van der Waals surface area contributed by atoms with Crippen LogP contribution in [0.4, 0.5) is 5.69 Å². The van der Waals surface area contributed by atoms with E-state index in [0.717, 1.165) is 6.39 Å². The van der Waals surface area contributed by atoms with Crippen molar-refractivity contribution in [3.05, 3.63) is 41.1 Å². The van der Waals surface area contributed by atoms with Gasteiger partial charge in [-0.2, -0.15) is 0 Å². The van der Waals surface area contributed by atoms with Crippen LogP contribution in [-0.4, -0.2) is 19.3 Å². The van der Waals surface area contributed by atoms with E-state index in [-0.39, 0.29) is 15.7 Å². The van der Waals surface area contributed by atoms with Gasteiger partial charge in [0.2, 0.25) is 5.76 Å². The molecule has 106 valence electrons. The highest BCUT2D eigenvalue weighted by molar-refractivity contribution is 8.13. The number of carbonyl (C=O) groups is 1. The first-order valence-electron chi connectivity index (χ1n) is 5.24. The Kier molecular flexibility index (Phi) is 4.03. The number of hydrogen-bond donors (Lipinski definition) is 1. The first-order valence-corrected chi connectivity index (χ1v) is 7.93. The van der Waals surface area contributed by atoms with Crippen LogP contribution >= 0.6 is 22.3 Å². The number of halogens is 2. The normalized spacial score (nSPS) is 11.3. The molecule has 1 aromatic heterocycles. The van der Waals surface area contributed by atoms with Gasteiger partial charge in [0.25, 0.3) is 15.0 Å². The van der Waals surface area contributed by atoms with Crippen LogP contribution in [-0.2, 0) is 9.05 Å². The minimum Gasteiger partial charge on any atom is -0.438 e. The molecule has 0 saturated heterocycles. The lowest BCUT2D eigenvalue weighted by atomic mass is 10.3. The van der Waals surface area contributed by atoms with Gasteiger partial charge in [-0.15, -0.1) is 0 Å². The molecule has 0 unspecified atom stereocenters. The Morgan fingerprint density at radius 3 is 2.60 bits per heavy atom. The van der Waals surface area contributed by atoms with E-state index < -0.39 is 15.0 Å². The topological polar surface area (TPSA) is 89.3 Å². The van der Waals surface area contributed by atoms with Gasteiger partial charge in [0.1, 0.15) is 4.90 Å². The van der Waals surface area contributed by atoms with Gasteiger partial charge < -0.3 is 9.73 Å². The molecular formula is C11H8Cl2N2O4S. The van der Waals surface area contributed by atoms with Gasteiger partial charge in [-0.25, -0.2) is 13.4 Å². The van der Waals surface area contributed by atoms with Crippen LogP contribution in [0.3, 0.4) is 0 Å². The maximum atomic E-state index is 11.9. The summed E-state index contributed by atoms with van der Waals surface area (Å²) in [5.41, 5.74) is 0.744. The van der Waals surface area contributed by atoms with Crippen LogP contribution in [0, 0.1) is 6.92 Å². The highest BCUT2D eigenvalue weighted by Crippen LogP contribution is 2.27. The highest BCUT2D eigenvalue weighted by atomic mass is 35.7. The van der Waals surface area contributed by atoms with Crippen molar-refractivity contribution in [2.45, 2.75) is 11.8 Å². The zero-order valence-electron chi connectivity index (χ0n) is 10.1. The van der Waals surface area contributed by atoms with Gasteiger partial charge >= 0.3 is 0 Å². The van der Waals surface area contributed by atoms with E-state index in [9.17, 15) is 13.2 Å². The monoisotopic (exact) mass is 334 g/mol. The summed E-state index contributed by atoms with van der Waals surface area (Å²) in [5, 5.41) is 2.42. The molecule has 1 aromatic carbocycles. The van der Waals surface area contributed by atoms with Crippen molar-refractivity contribution in [2.24, 2.45) is 0 Å². The first-order chi connectivity index (χ1) is 9.29. The van der Waals surface area contributed by atoms with Crippen LogP contribution in [0.25, 0.3) is 0 Å². The van der Waals surface area contributed by atoms with Crippen molar-refractivity contribution in [2.75, 3.05) is 5.32 Å². The molecule has 0 bridgehead atoms. The second-order valence-corrected chi connectivity index (χ2v) is 6.75. The molecule has 0 aliphatic carbocycles. The van der Waals surface area contributed by atoms with E-state index in [0.29, 0.717) is 11.4 Å². The summed E-state index contributed by atoms with van der Waals surface area (Å²) in [5.74, 6) is -0.451. The minimum atomic E-state index is -3.93. The number of nitrogens with one attached hydrogen (secondary N) is 1. The lowest BCUT2D eigenvalue weighted by Crippen LogP contribution is -2.12. The fourth-order valence-corrected chi connectivity index (χ4v) is 3.01. The van der Waals surface area contributed by atoms with Crippen LogP contribution in [0.2, 0.25) is 5.02 Å². The first kappa shape index (κ1) is 14.8. The quantitative estimate of drug-likeness (QED) is 0.871. The van der Waals surface area contributed by atoms with E-state index in [1.54, 1.807) is 6.92 Å². The van der Waals surface area contributed by atoms with E-state index in [4.69, 9.17) is 26.7 Å². The van der Waals surface area contributed by atoms with E-state index in [1.807, 2.05) is 0 Å². The second kappa shape index (κ2) is 5.43. The maximum Gasteiger partial charge on any atom is 0.293 e. The minimum absolute atomic E-state index is 0.0650. The van der Waals surface area contributed by atoms with Gasteiger partial charge in [-0.05, 0) is 25.1 Å². The average Bonchev–Trinajstić information content (AvgIpc) is 2.73. The fraction of sp³-hybridized carbons (Fsp3) is 0.0909. The van der Waals surface area contributed by atoms with Crippen molar-refractivity contribution in [3.8, 4) is 0 Å². The molecule has 20 heavy (non-hydrogen) atoms. The molecule has 2 rings (SSSR count). The van der Waals surface area contributed by atoms with Crippen LogP contribution < -0.4 is 5.32 Å². The lowest BCUT2D eigenvalue weighted by molar-refractivity contribution is 0.0996. The number of rotatable bonds is 3. The number of aromatic nitrogens is 1. The second-order valence-electron chi connectivity index (χ2n) is 3.80. The molecule has 0 spiro atoms. The summed E-state index contributed by atoms with van der Waals surface area (Å²) < 4.78 is 27.3. The summed E-state index contributed by atoms with van der Waals surface area (Å²) >= 11 is 5.80. The number of aryl methyl sites for hydroxylation is 1. The van der Waals surface area contributed by atoms with Gasteiger partial charge in [-0.3, -0.25) is 4.79 Å². The molecule has 0 atom stereocenters. The van der Waals surface area contributed by atoms with Crippen molar-refractivity contribution in [3.63, 3.8) is 0 Å². The van der Waals surface area contributed by atoms with Crippen molar-refractivity contribution in [1.29, 1.82) is 0 Å². The van der Waals surface area contributed by atoms with Crippen molar-refractivity contribution >= 4 is 42.9 Å².